The Morgan fingerprint density at radius 2 is 1.81 bits per heavy atom. The molecule has 166 valence electrons. The average Bonchev–Trinajstić information content (AvgIpc) is 3.28. The molecule has 0 saturated carbocycles. The number of nitro groups is 1. The van der Waals surface area contributed by atoms with E-state index in [0.717, 1.165) is 29.8 Å². The predicted octanol–water partition coefficient (Wildman–Crippen LogP) is 3.59. The number of carbonyl (C=O) groups excluding carboxylic acids is 1. The van der Waals surface area contributed by atoms with Gasteiger partial charge in [-0.15, -0.1) is 0 Å². The number of nitro benzene ring substituents is 1. The molecule has 0 radical (unpaired) electrons. The SMILES string of the molecule is O=C(c1ccc(N2CCC(c3nc4ccccc4o3)CC2)c([N+](=O)[O-])c1)N1CCOCC1. The summed E-state index contributed by atoms with van der Waals surface area (Å²) in [5.74, 6) is 0.712. The zero-order valence-corrected chi connectivity index (χ0v) is 17.6. The summed E-state index contributed by atoms with van der Waals surface area (Å²) in [7, 11) is 0. The van der Waals surface area contributed by atoms with Crippen LogP contribution in [-0.4, -0.2) is 60.1 Å². The third kappa shape index (κ3) is 3.91. The van der Waals surface area contributed by atoms with Crippen molar-refractivity contribution in [3.63, 3.8) is 0 Å². The smallest absolute Gasteiger partial charge is 0.293 e. The van der Waals surface area contributed by atoms with Crippen LogP contribution in [0.4, 0.5) is 11.4 Å². The van der Waals surface area contributed by atoms with E-state index in [-0.39, 0.29) is 17.5 Å². The van der Waals surface area contributed by atoms with Crippen molar-refractivity contribution in [2.75, 3.05) is 44.3 Å². The first-order chi connectivity index (χ1) is 15.6. The Labute approximate surface area is 184 Å². The van der Waals surface area contributed by atoms with Crippen LogP contribution in [-0.2, 0) is 4.74 Å². The standard InChI is InChI=1S/C23H24N4O5/c28-23(26-11-13-31-14-12-26)17-5-6-19(20(15-17)27(29)30)25-9-7-16(8-10-25)22-24-18-3-1-2-4-21(18)32-22/h1-6,15-16H,7-14H2. The Morgan fingerprint density at radius 3 is 2.53 bits per heavy atom. The number of aromatic nitrogens is 1. The minimum Gasteiger partial charge on any atom is -0.440 e. The molecule has 9 heteroatoms. The molecule has 0 unspecified atom stereocenters. The first kappa shape index (κ1) is 20.4. The van der Waals surface area contributed by atoms with Crippen molar-refractivity contribution in [1.82, 2.24) is 9.88 Å². The maximum atomic E-state index is 12.8. The van der Waals surface area contributed by atoms with Gasteiger partial charge in [-0.3, -0.25) is 14.9 Å². The van der Waals surface area contributed by atoms with Gasteiger partial charge in [-0.05, 0) is 37.1 Å². The highest BCUT2D eigenvalue weighted by Gasteiger charge is 2.29. The average molecular weight is 436 g/mol. The number of oxazole rings is 1. The molecule has 3 aromatic rings. The van der Waals surface area contributed by atoms with Gasteiger partial charge in [0.05, 0.1) is 18.1 Å². The second-order valence-corrected chi connectivity index (χ2v) is 8.15. The van der Waals surface area contributed by atoms with Crippen molar-refractivity contribution in [1.29, 1.82) is 0 Å². The van der Waals surface area contributed by atoms with Gasteiger partial charge in [-0.1, -0.05) is 12.1 Å². The number of hydrogen-bond donors (Lipinski definition) is 0. The van der Waals surface area contributed by atoms with Gasteiger partial charge in [-0.25, -0.2) is 4.98 Å². The first-order valence-corrected chi connectivity index (χ1v) is 10.9. The number of nitrogens with zero attached hydrogens (tertiary/aromatic N) is 4. The van der Waals surface area contributed by atoms with Gasteiger partial charge in [-0.2, -0.15) is 0 Å². The van der Waals surface area contributed by atoms with Crippen LogP contribution in [0.25, 0.3) is 11.1 Å². The van der Waals surface area contributed by atoms with Crippen LogP contribution >= 0.6 is 0 Å². The maximum absolute atomic E-state index is 12.8. The van der Waals surface area contributed by atoms with E-state index < -0.39 is 4.92 Å². The fourth-order valence-electron chi connectivity index (χ4n) is 4.45. The van der Waals surface area contributed by atoms with Gasteiger partial charge in [0.2, 0.25) is 0 Å². The normalized spacial score (nSPS) is 17.6. The first-order valence-electron chi connectivity index (χ1n) is 10.9. The number of carbonyl (C=O) groups is 1. The molecule has 0 atom stereocenters. The molecule has 1 aromatic heterocycles. The number of anilines is 1. The van der Waals surface area contributed by atoms with Crippen LogP contribution in [0.5, 0.6) is 0 Å². The number of morpholine rings is 1. The summed E-state index contributed by atoms with van der Waals surface area (Å²) >= 11 is 0. The Balaban J connectivity index is 1.32. The zero-order chi connectivity index (χ0) is 22.1. The number of rotatable bonds is 4. The van der Waals surface area contributed by atoms with Gasteiger partial charge in [0.1, 0.15) is 11.2 Å². The third-order valence-corrected chi connectivity index (χ3v) is 6.21. The molecule has 2 saturated heterocycles. The molecule has 9 nitrogen and oxygen atoms in total. The molecular formula is C23H24N4O5. The highest BCUT2D eigenvalue weighted by atomic mass is 16.6. The Hall–Kier alpha value is -3.46. The highest BCUT2D eigenvalue weighted by molar-refractivity contribution is 5.96. The van der Waals surface area contributed by atoms with E-state index in [1.807, 2.05) is 29.2 Å². The highest BCUT2D eigenvalue weighted by Crippen LogP contribution is 2.36. The summed E-state index contributed by atoms with van der Waals surface area (Å²) in [5, 5.41) is 11.8. The number of ether oxygens (including phenoxy) is 1. The minimum absolute atomic E-state index is 0.0376. The topological polar surface area (TPSA) is 102 Å². The van der Waals surface area contributed by atoms with Crippen molar-refractivity contribution in [2.45, 2.75) is 18.8 Å². The van der Waals surface area contributed by atoms with Crippen LogP contribution < -0.4 is 4.90 Å². The monoisotopic (exact) mass is 436 g/mol. The Bertz CT molecular complexity index is 1110. The van der Waals surface area contributed by atoms with Crippen molar-refractivity contribution >= 4 is 28.4 Å². The largest absolute Gasteiger partial charge is 0.440 e. The predicted molar refractivity (Wildman–Crippen MR) is 118 cm³/mol. The molecule has 5 rings (SSSR count). The fourth-order valence-corrected chi connectivity index (χ4v) is 4.45. The lowest BCUT2D eigenvalue weighted by Crippen LogP contribution is -2.40. The molecule has 1 amide bonds. The summed E-state index contributed by atoms with van der Waals surface area (Å²) in [4.78, 5) is 32.5. The molecule has 3 heterocycles. The van der Waals surface area contributed by atoms with Crippen molar-refractivity contribution in [3.05, 3.63) is 64.0 Å². The van der Waals surface area contributed by atoms with Crippen LogP contribution in [0.3, 0.4) is 0 Å². The second-order valence-electron chi connectivity index (χ2n) is 8.15. The van der Waals surface area contributed by atoms with Crippen molar-refractivity contribution < 1.29 is 18.9 Å². The lowest BCUT2D eigenvalue weighted by Gasteiger charge is -2.32. The second kappa shape index (κ2) is 8.58. The molecule has 0 bridgehead atoms. The van der Waals surface area contributed by atoms with E-state index in [1.165, 1.54) is 6.07 Å². The van der Waals surface area contributed by atoms with Crippen LogP contribution in [0.15, 0.2) is 46.9 Å². The van der Waals surface area contributed by atoms with Gasteiger partial charge < -0.3 is 19.0 Å². The molecule has 0 N–H and O–H groups in total. The van der Waals surface area contributed by atoms with Crippen molar-refractivity contribution in [2.24, 2.45) is 0 Å². The van der Waals surface area contributed by atoms with E-state index in [1.54, 1.807) is 17.0 Å². The molecule has 0 aliphatic carbocycles. The molecule has 32 heavy (non-hydrogen) atoms. The zero-order valence-electron chi connectivity index (χ0n) is 17.6. The molecule has 2 aromatic carbocycles. The molecular weight excluding hydrogens is 412 g/mol. The third-order valence-electron chi connectivity index (χ3n) is 6.21. The molecule has 2 fully saturated rings. The van der Waals surface area contributed by atoms with Crippen LogP contribution in [0.1, 0.15) is 35.0 Å². The lowest BCUT2D eigenvalue weighted by atomic mass is 9.96. The number of para-hydroxylation sites is 2. The number of piperidine rings is 1. The summed E-state index contributed by atoms with van der Waals surface area (Å²) in [6.07, 6.45) is 1.58. The van der Waals surface area contributed by atoms with Crippen LogP contribution in [0.2, 0.25) is 0 Å². The van der Waals surface area contributed by atoms with Gasteiger partial charge in [0.25, 0.3) is 11.6 Å². The summed E-state index contributed by atoms with van der Waals surface area (Å²) in [5.41, 5.74) is 2.47. The Morgan fingerprint density at radius 1 is 1.06 bits per heavy atom. The molecule has 2 aliphatic rings. The molecule has 0 spiro atoms. The number of hydrogen-bond acceptors (Lipinski definition) is 7. The maximum Gasteiger partial charge on any atom is 0.293 e. The van der Waals surface area contributed by atoms with E-state index in [4.69, 9.17) is 9.15 Å². The van der Waals surface area contributed by atoms with Gasteiger partial charge in [0, 0.05) is 43.7 Å². The van der Waals surface area contributed by atoms with Crippen molar-refractivity contribution in [3.8, 4) is 0 Å². The fraction of sp³-hybridized carbons (Fsp3) is 0.391. The molecule has 2 aliphatic heterocycles. The van der Waals surface area contributed by atoms with E-state index in [9.17, 15) is 14.9 Å². The summed E-state index contributed by atoms with van der Waals surface area (Å²) < 4.78 is 11.2. The lowest BCUT2D eigenvalue weighted by molar-refractivity contribution is -0.384. The van der Waals surface area contributed by atoms with Gasteiger partial charge >= 0.3 is 0 Å². The Kier molecular flexibility index (Phi) is 5.48. The number of amides is 1. The van der Waals surface area contributed by atoms with E-state index >= 15 is 0 Å². The van der Waals surface area contributed by atoms with E-state index in [2.05, 4.69) is 4.98 Å². The summed E-state index contributed by atoms with van der Waals surface area (Å²) in [6.45, 7) is 3.28. The summed E-state index contributed by atoms with van der Waals surface area (Å²) in [6, 6.07) is 12.5. The van der Waals surface area contributed by atoms with Gasteiger partial charge in [0.15, 0.2) is 11.5 Å². The van der Waals surface area contributed by atoms with Crippen LogP contribution in [0, 0.1) is 10.1 Å². The number of fused-ring (bicyclic) bond motifs is 1. The quantitative estimate of drug-likeness (QED) is 0.455. The van der Waals surface area contributed by atoms with E-state index in [0.29, 0.717) is 50.6 Å². The number of benzene rings is 2. The minimum atomic E-state index is -0.404.